The fourth-order valence-corrected chi connectivity index (χ4v) is 2.62. The van der Waals surface area contributed by atoms with Gasteiger partial charge in [0.2, 0.25) is 0 Å². The first-order valence-electron chi connectivity index (χ1n) is 6.63. The molecular weight excluding hydrogens is 248 g/mol. The van der Waals surface area contributed by atoms with Crippen LogP contribution in [-0.4, -0.2) is 17.4 Å². The van der Waals surface area contributed by atoms with E-state index in [1.165, 1.54) is 11.1 Å². The minimum Gasteiger partial charge on any atom is -0.365 e. The molecule has 0 fully saturated rings. The summed E-state index contributed by atoms with van der Waals surface area (Å²) in [5.41, 5.74) is 4.64. The van der Waals surface area contributed by atoms with Gasteiger partial charge < -0.3 is 15.2 Å². The molecule has 20 heavy (non-hydrogen) atoms. The van der Waals surface area contributed by atoms with Crippen molar-refractivity contribution < 1.29 is 0 Å². The summed E-state index contributed by atoms with van der Waals surface area (Å²) in [6.45, 7) is 0.737. The number of hydrogen-bond acceptors (Lipinski definition) is 3. The average Bonchev–Trinajstić information content (AvgIpc) is 3.16. The summed E-state index contributed by atoms with van der Waals surface area (Å²) in [4.78, 5) is 9.81. The molecule has 2 aromatic rings. The smallest absolute Gasteiger partial charge is 0.149 e. The maximum atomic E-state index is 4.43. The molecule has 0 spiro atoms. The van der Waals surface area contributed by atoms with E-state index < -0.39 is 0 Å². The number of rotatable bonds is 2. The molecule has 0 saturated heterocycles. The van der Waals surface area contributed by atoms with E-state index in [1.54, 1.807) is 0 Å². The van der Waals surface area contributed by atoms with E-state index in [2.05, 4.69) is 50.5 Å². The molecule has 4 heteroatoms. The number of aliphatic imine (C=N–C) groups is 1. The van der Waals surface area contributed by atoms with Crippen LogP contribution in [0.2, 0.25) is 0 Å². The predicted octanol–water partition coefficient (Wildman–Crippen LogP) is 2.86. The molecule has 1 aromatic carbocycles. The summed E-state index contributed by atoms with van der Waals surface area (Å²) in [5, 5.41) is 3.18. The van der Waals surface area contributed by atoms with E-state index in [9.17, 15) is 0 Å². The van der Waals surface area contributed by atoms with Crippen molar-refractivity contribution in [2.24, 2.45) is 4.99 Å². The molecule has 2 N–H and O–H groups in total. The summed E-state index contributed by atoms with van der Waals surface area (Å²) in [7, 11) is 0. The van der Waals surface area contributed by atoms with Crippen molar-refractivity contribution in [3.63, 3.8) is 0 Å². The fraction of sp³-hybridized carbons (Fsp3) is 0.0625. The first kappa shape index (κ1) is 11.1. The van der Waals surface area contributed by atoms with E-state index in [0.29, 0.717) is 0 Å². The summed E-state index contributed by atoms with van der Waals surface area (Å²) in [6.07, 6.45) is 10.1. The van der Waals surface area contributed by atoms with Crippen molar-refractivity contribution in [3.8, 4) is 11.1 Å². The Morgan fingerprint density at radius 2 is 2.00 bits per heavy atom. The summed E-state index contributed by atoms with van der Waals surface area (Å²) in [6, 6.07) is 10.4. The van der Waals surface area contributed by atoms with Crippen molar-refractivity contribution in [3.05, 3.63) is 66.9 Å². The lowest BCUT2D eigenvalue weighted by atomic mass is 10.1. The molecule has 1 aromatic heterocycles. The second kappa shape index (κ2) is 4.42. The van der Waals surface area contributed by atoms with Gasteiger partial charge in [0.1, 0.15) is 5.84 Å². The molecule has 2 aliphatic rings. The first-order chi connectivity index (χ1) is 9.93. The van der Waals surface area contributed by atoms with Crippen molar-refractivity contribution in [2.45, 2.75) is 0 Å². The average molecular weight is 262 g/mol. The minimum absolute atomic E-state index is 0.737. The van der Waals surface area contributed by atoms with Crippen LogP contribution in [0.3, 0.4) is 0 Å². The third-order valence-corrected chi connectivity index (χ3v) is 3.55. The van der Waals surface area contributed by atoms with Gasteiger partial charge in [-0.25, -0.2) is 0 Å². The molecule has 0 unspecified atom stereocenters. The van der Waals surface area contributed by atoms with E-state index in [0.717, 1.165) is 23.8 Å². The predicted molar refractivity (Wildman–Crippen MR) is 81.4 cm³/mol. The van der Waals surface area contributed by atoms with Gasteiger partial charge in [-0.05, 0) is 11.6 Å². The van der Waals surface area contributed by atoms with Crippen LogP contribution in [0.4, 0.5) is 5.69 Å². The number of nitrogens with one attached hydrogen (secondary N) is 2. The SMILES string of the molecule is C1=CN(c2c[nH]cc2-c2ccccc2)C2=CCN=C2N1. The molecule has 0 bridgehead atoms. The van der Waals surface area contributed by atoms with E-state index >= 15 is 0 Å². The van der Waals surface area contributed by atoms with Gasteiger partial charge in [0.15, 0.2) is 0 Å². The van der Waals surface area contributed by atoms with Gasteiger partial charge in [0, 0.05) is 30.4 Å². The number of aromatic nitrogens is 1. The number of nitrogens with zero attached hydrogens (tertiary/aromatic N) is 2. The molecular formula is C16H14N4. The Morgan fingerprint density at radius 3 is 2.90 bits per heavy atom. The Labute approximate surface area is 117 Å². The highest BCUT2D eigenvalue weighted by atomic mass is 15.2. The number of fused-ring (bicyclic) bond motifs is 1. The second-order valence-electron chi connectivity index (χ2n) is 4.73. The topological polar surface area (TPSA) is 43.4 Å². The molecule has 4 rings (SSSR count). The van der Waals surface area contributed by atoms with Crippen LogP contribution in [0.1, 0.15) is 0 Å². The normalized spacial score (nSPS) is 16.5. The molecule has 0 atom stereocenters. The molecule has 0 amide bonds. The van der Waals surface area contributed by atoms with Crippen LogP contribution < -0.4 is 10.2 Å². The second-order valence-corrected chi connectivity index (χ2v) is 4.73. The zero-order valence-corrected chi connectivity index (χ0v) is 10.9. The van der Waals surface area contributed by atoms with Crippen molar-refractivity contribution in [1.82, 2.24) is 10.3 Å². The van der Waals surface area contributed by atoms with E-state index in [1.807, 2.05) is 30.9 Å². The number of aromatic amines is 1. The first-order valence-corrected chi connectivity index (χ1v) is 6.63. The van der Waals surface area contributed by atoms with Gasteiger partial charge in [-0.1, -0.05) is 30.3 Å². The highest BCUT2D eigenvalue weighted by Gasteiger charge is 2.23. The largest absolute Gasteiger partial charge is 0.365 e. The van der Waals surface area contributed by atoms with Gasteiger partial charge >= 0.3 is 0 Å². The standard InChI is InChI=1S/C16H14N4/c1-2-4-12(5-3-1)13-10-17-11-15(13)20-9-8-19-16-14(20)6-7-18-16/h1-6,8-11,17H,7H2,(H,18,19). The van der Waals surface area contributed by atoms with Crippen LogP contribution in [0.15, 0.2) is 71.9 Å². The summed E-state index contributed by atoms with van der Waals surface area (Å²) < 4.78 is 0. The lowest BCUT2D eigenvalue weighted by Gasteiger charge is -2.26. The van der Waals surface area contributed by atoms with Crippen LogP contribution in [-0.2, 0) is 0 Å². The number of anilines is 1. The summed E-state index contributed by atoms with van der Waals surface area (Å²) in [5.74, 6) is 0.938. The van der Waals surface area contributed by atoms with Gasteiger partial charge in [0.05, 0.1) is 17.9 Å². The van der Waals surface area contributed by atoms with Crippen LogP contribution in [0.25, 0.3) is 11.1 Å². The summed E-state index contributed by atoms with van der Waals surface area (Å²) >= 11 is 0. The fourth-order valence-electron chi connectivity index (χ4n) is 2.62. The molecule has 0 saturated carbocycles. The zero-order chi connectivity index (χ0) is 13.4. The molecule has 3 heterocycles. The molecule has 2 aliphatic heterocycles. The number of H-pyrrole nitrogens is 1. The Balaban J connectivity index is 1.81. The number of hydrogen-bond donors (Lipinski definition) is 2. The van der Waals surface area contributed by atoms with Crippen molar-refractivity contribution in [2.75, 3.05) is 11.4 Å². The van der Waals surface area contributed by atoms with Crippen molar-refractivity contribution in [1.29, 1.82) is 0 Å². The van der Waals surface area contributed by atoms with E-state index in [-0.39, 0.29) is 0 Å². The van der Waals surface area contributed by atoms with Crippen LogP contribution >= 0.6 is 0 Å². The quantitative estimate of drug-likeness (QED) is 0.874. The molecule has 0 radical (unpaired) electrons. The minimum atomic E-state index is 0.737. The molecule has 0 aliphatic carbocycles. The van der Waals surface area contributed by atoms with Crippen LogP contribution in [0.5, 0.6) is 0 Å². The van der Waals surface area contributed by atoms with Gasteiger partial charge in [-0.15, -0.1) is 0 Å². The van der Waals surface area contributed by atoms with Gasteiger partial charge in [0.25, 0.3) is 0 Å². The Hall–Kier alpha value is -2.75. The highest BCUT2D eigenvalue weighted by molar-refractivity contribution is 6.06. The third kappa shape index (κ3) is 1.66. The van der Waals surface area contributed by atoms with Gasteiger partial charge in [-0.2, -0.15) is 0 Å². The molecule has 98 valence electrons. The lowest BCUT2D eigenvalue weighted by Crippen LogP contribution is -2.33. The number of amidine groups is 1. The molecule has 4 nitrogen and oxygen atoms in total. The monoisotopic (exact) mass is 262 g/mol. The van der Waals surface area contributed by atoms with Crippen molar-refractivity contribution >= 4 is 11.5 Å². The zero-order valence-electron chi connectivity index (χ0n) is 10.9. The Kier molecular flexibility index (Phi) is 2.45. The highest BCUT2D eigenvalue weighted by Crippen LogP contribution is 2.34. The van der Waals surface area contributed by atoms with Crippen LogP contribution in [0, 0.1) is 0 Å². The maximum Gasteiger partial charge on any atom is 0.149 e. The number of benzene rings is 1. The van der Waals surface area contributed by atoms with E-state index in [4.69, 9.17) is 0 Å². The van der Waals surface area contributed by atoms with Gasteiger partial charge in [-0.3, -0.25) is 4.99 Å². The maximum absolute atomic E-state index is 4.43. The Bertz CT molecular complexity index is 722. The Morgan fingerprint density at radius 1 is 1.10 bits per heavy atom. The third-order valence-electron chi connectivity index (χ3n) is 3.55. The lowest BCUT2D eigenvalue weighted by molar-refractivity contribution is 1.11.